The van der Waals surface area contributed by atoms with Crippen LogP contribution in [-0.4, -0.2) is 36.2 Å². The van der Waals surface area contributed by atoms with Crippen molar-refractivity contribution >= 4 is 5.97 Å². The predicted octanol–water partition coefficient (Wildman–Crippen LogP) is 5.47. The molecule has 0 amide bonds. The van der Waals surface area contributed by atoms with Gasteiger partial charge in [0, 0.05) is 31.3 Å². The van der Waals surface area contributed by atoms with E-state index >= 15 is 0 Å². The summed E-state index contributed by atoms with van der Waals surface area (Å²) in [5.74, 6) is -0.0485. The van der Waals surface area contributed by atoms with Crippen LogP contribution >= 0.6 is 0 Å². The fourth-order valence-electron chi connectivity index (χ4n) is 4.74. The molecule has 178 valence electrons. The molecule has 1 saturated heterocycles. The number of ether oxygens (including phenoxy) is 2. The Hall–Kier alpha value is -2.74. The standard InChI is InChI=1S/C25H28F3NO4/c1-32-23-11-20(8-7-18(23)12-29-13-19(14-29)24(30)31)33-15-16-6-9-21(17-4-2-3-5-17)22(10-16)25(26,27)28/h6-11,17,19H,2-5,12-15H2,1H3,(H,30,31). The highest BCUT2D eigenvalue weighted by atomic mass is 19.4. The monoisotopic (exact) mass is 463 g/mol. The Kier molecular flexibility index (Phi) is 6.83. The molecule has 0 radical (unpaired) electrons. The number of hydrogen-bond donors (Lipinski definition) is 1. The van der Waals surface area contributed by atoms with E-state index in [1.165, 1.54) is 13.2 Å². The van der Waals surface area contributed by atoms with E-state index in [0.717, 1.165) is 31.2 Å². The first-order valence-electron chi connectivity index (χ1n) is 11.2. The molecular weight excluding hydrogens is 435 g/mol. The van der Waals surface area contributed by atoms with Crippen molar-refractivity contribution in [3.05, 3.63) is 58.7 Å². The van der Waals surface area contributed by atoms with Gasteiger partial charge in [0.15, 0.2) is 0 Å². The number of aliphatic carboxylic acids is 1. The summed E-state index contributed by atoms with van der Waals surface area (Å²) in [5, 5.41) is 9.01. The van der Waals surface area contributed by atoms with Crippen molar-refractivity contribution in [2.24, 2.45) is 5.92 Å². The summed E-state index contributed by atoms with van der Waals surface area (Å²) in [6.07, 6.45) is -0.834. The molecule has 8 heteroatoms. The molecule has 4 rings (SSSR count). The van der Waals surface area contributed by atoms with Crippen LogP contribution in [0.25, 0.3) is 0 Å². The zero-order valence-corrected chi connectivity index (χ0v) is 18.5. The lowest BCUT2D eigenvalue weighted by Gasteiger charge is -2.36. The number of carboxylic acid groups (broad SMARTS) is 1. The van der Waals surface area contributed by atoms with Gasteiger partial charge in [-0.1, -0.05) is 31.0 Å². The van der Waals surface area contributed by atoms with Gasteiger partial charge >= 0.3 is 12.1 Å². The molecule has 1 heterocycles. The molecule has 0 spiro atoms. The van der Waals surface area contributed by atoms with Gasteiger partial charge in [0.25, 0.3) is 0 Å². The summed E-state index contributed by atoms with van der Waals surface area (Å²) in [7, 11) is 1.54. The molecule has 5 nitrogen and oxygen atoms in total. The van der Waals surface area contributed by atoms with E-state index in [0.29, 0.717) is 42.3 Å². The number of nitrogens with zero attached hydrogens (tertiary/aromatic N) is 1. The number of alkyl halides is 3. The third-order valence-corrected chi connectivity index (χ3v) is 6.58. The summed E-state index contributed by atoms with van der Waals surface area (Å²) in [4.78, 5) is 13.0. The topological polar surface area (TPSA) is 59.0 Å². The highest BCUT2D eigenvalue weighted by molar-refractivity contribution is 5.71. The highest BCUT2D eigenvalue weighted by Crippen LogP contribution is 2.42. The zero-order valence-electron chi connectivity index (χ0n) is 18.5. The van der Waals surface area contributed by atoms with Crippen LogP contribution in [0, 0.1) is 5.92 Å². The predicted molar refractivity (Wildman–Crippen MR) is 116 cm³/mol. The molecule has 2 aromatic rings. The van der Waals surface area contributed by atoms with Crippen LogP contribution in [0.2, 0.25) is 0 Å². The molecule has 2 fully saturated rings. The summed E-state index contributed by atoms with van der Waals surface area (Å²) >= 11 is 0. The van der Waals surface area contributed by atoms with Crippen molar-refractivity contribution in [3.63, 3.8) is 0 Å². The van der Waals surface area contributed by atoms with E-state index in [-0.39, 0.29) is 18.4 Å². The van der Waals surface area contributed by atoms with Crippen LogP contribution in [0.3, 0.4) is 0 Å². The SMILES string of the molecule is COc1cc(OCc2ccc(C3CCCC3)c(C(F)(F)F)c2)ccc1CN1CC(C(=O)O)C1. The molecular formula is C25H28F3NO4. The van der Waals surface area contributed by atoms with Gasteiger partial charge in [-0.25, -0.2) is 0 Å². The first kappa shape index (κ1) is 23.4. The lowest BCUT2D eigenvalue weighted by atomic mass is 9.91. The molecule has 1 aliphatic carbocycles. The Morgan fingerprint density at radius 1 is 1.12 bits per heavy atom. The average Bonchev–Trinajstić information content (AvgIpc) is 3.28. The van der Waals surface area contributed by atoms with Crippen molar-refractivity contribution in [1.29, 1.82) is 0 Å². The number of carboxylic acids is 1. The molecule has 0 bridgehead atoms. The van der Waals surface area contributed by atoms with Crippen LogP contribution in [0.1, 0.15) is 53.9 Å². The second kappa shape index (κ2) is 9.63. The number of carbonyl (C=O) groups is 1. The summed E-state index contributed by atoms with van der Waals surface area (Å²) < 4.78 is 52.3. The number of likely N-dealkylation sites (tertiary alicyclic amines) is 1. The van der Waals surface area contributed by atoms with Crippen LogP contribution in [0.5, 0.6) is 11.5 Å². The van der Waals surface area contributed by atoms with Gasteiger partial charge < -0.3 is 14.6 Å². The summed E-state index contributed by atoms with van der Waals surface area (Å²) in [6, 6.07) is 9.84. The first-order chi connectivity index (χ1) is 15.7. The van der Waals surface area contributed by atoms with E-state index in [1.807, 2.05) is 11.0 Å². The quantitative estimate of drug-likeness (QED) is 0.563. The lowest BCUT2D eigenvalue weighted by Crippen LogP contribution is -2.49. The van der Waals surface area contributed by atoms with E-state index in [2.05, 4.69) is 0 Å². The minimum Gasteiger partial charge on any atom is -0.496 e. The maximum absolute atomic E-state index is 13.7. The molecule has 2 aromatic carbocycles. The Morgan fingerprint density at radius 3 is 2.48 bits per heavy atom. The molecule has 0 unspecified atom stereocenters. The van der Waals surface area contributed by atoms with Gasteiger partial charge in [-0.3, -0.25) is 9.69 Å². The average molecular weight is 463 g/mol. The van der Waals surface area contributed by atoms with Gasteiger partial charge in [-0.05, 0) is 42.0 Å². The van der Waals surface area contributed by atoms with Crippen molar-refractivity contribution in [1.82, 2.24) is 4.90 Å². The van der Waals surface area contributed by atoms with Crippen LogP contribution < -0.4 is 9.47 Å². The molecule has 1 N–H and O–H groups in total. The zero-order chi connectivity index (χ0) is 23.6. The number of rotatable bonds is 8. The largest absolute Gasteiger partial charge is 0.496 e. The maximum Gasteiger partial charge on any atom is 0.416 e. The Balaban J connectivity index is 1.42. The van der Waals surface area contributed by atoms with Gasteiger partial charge in [-0.15, -0.1) is 0 Å². The van der Waals surface area contributed by atoms with Crippen molar-refractivity contribution < 1.29 is 32.5 Å². The van der Waals surface area contributed by atoms with E-state index < -0.39 is 17.7 Å². The fraction of sp³-hybridized carbons (Fsp3) is 0.480. The van der Waals surface area contributed by atoms with Crippen LogP contribution in [0.4, 0.5) is 13.2 Å². The van der Waals surface area contributed by atoms with Crippen molar-refractivity contribution in [3.8, 4) is 11.5 Å². The fourth-order valence-corrected chi connectivity index (χ4v) is 4.74. The number of hydrogen-bond acceptors (Lipinski definition) is 4. The van der Waals surface area contributed by atoms with Crippen LogP contribution in [-0.2, 0) is 24.1 Å². The Bertz CT molecular complexity index is 996. The lowest BCUT2D eigenvalue weighted by molar-refractivity contribution is -0.147. The molecule has 33 heavy (non-hydrogen) atoms. The van der Waals surface area contributed by atoms with Crippen molar-refractivity contribution in [2.45, 2.75) is 50.9 Å². The third kappa shape index (κ3) is 5.43. The molecule has 0 aromatic heterocycles. The molecule has 1 saturated carbocycles. The second-order valence-electron chi connectivity index (χ2n) is 8.89. The van der Waals surface area contributed by atoms with E-state index in [9.17, 15) is 18.0 Å². The maximum atomic E-state index is 13.7. The molecule has 1 aliphatic heterocycles. The van der Waals surface area contributed by atoms with E-state index in [1.54, 1.807) is 24.3 Å². The normalized spacial score (nSPS) is 17.7. The number of halogens is 3. The van der Waals surface area contributed by atoms with E-state index in [4.69, 9.17) is 14.6 Å². The van der Waals surface area contributed by atoms with Gasteiger partial charge in [0.2, 0.25) is 0 Å². The number of benzene rings is 2. The highest BCUT2D eigenvalue weighted by Gasteiger charge is 2.36. The van der Waals surface area contributed by atoms with Crippen molar-refractivity contribution in [2.75, 3.05) is 20.2 Å². The third-order valence-electron chi connectivity index (χ3n) is 6.58. The number of methoxy groups -OCH3 is 1. The first-order valence-corrected chi connectivity index (χ1v) is 11.2. The van der Waals surface area contributed by atoms with Gasteiger partial charge in [-0.2, -0.15) is 13.2 Å². The minimum absolute atomic E-state index is 0.0168. The molecule has 2 aliphatic rings. The summed E-state index contributed by atoms with van der Waals surface area (Å²) in [6.45, 7) is 1.57. The summed E-state index contributed by atoms with van der Waals surface area (Å²) in [5.41, 5.74) is 1.20. The van der Waals surface area contributed by atoms with Gasteiger partial charge in [0.1, 0.15) is 18.1 Å². The van der Waals surface area contributed by atoms with Crippen LogP contribution in [0.15, 0.2) is 36.4 Å². The minimum atomic E-state index is -4.39. The molecule has 0 atom stereocenters. The Labute approximate surface area is 191 Å². The second-order valence-corrected chi connectivity index (χ2v) is 8.89. The smallest absolute Gasteiger partial charge is 0.416 e. The van der Waals surface area contributed by atoms with Gasteiger partial charge in [0.05, 0.1) is 18.6 Å². The Morgan fingerprint density at radius 2 is 1.85 bits per heavy atom.